The number of carboxylic acid groups (broad SMARTS) is 1. The molecule has 1 saturated heterocycles. The molecule has 0 aromatic heterocycles. The first-order chi connectivity index (χ1) is 7.89. The van der Waals surface area contributed by atoms with Gasteiger partial charge in [-0.15, -0.1) is 0 Å². The van der Waals surface area contributed by atoms with Crippen LogP contribution in [0.25, 0.3) is 0 Å². The number of piperidine rings is 1. The normalized spacial score (nSPS) is 21.0. The monoisotopic (exact) mass is 242 g/mol. The number of carboxylic acids is 1. The van der Waals surface area contributed by atoms with Crippen molar-refractivity contribution >= 4 is 11.9 Å². The van der Waals surface area contributed by atoms with Gasteiger partial charge in [-0.1, -0.05) is 6.92 Å². The largest absolute Gasteiger partial charge is 0.481 e. The van der Waals surface area contributed by atoms with Gasteiger partial charge in [-0.25, -0.2) is 0 Å². The van der Waals surface area contributed by atoms with Gasteiger partial charge in [-0.3, -0.25) is 9.59 Å². The molecule has 0 aromatic carbocycles. The Morgan fingerprint density at radius 1 is 1.41 bits per heavy atom. The highest BCUT2D eigenvalue weighted by molar-refractivity contribution is 5.78. The summed E-state index contributed by atoms with van der Waals surface area (Å²) in [5.41, 5.74) is 5.06. The summed E-state index contributed by atoms with van der Waals surface area (Å²) in [6.07, 6.45) is 2.19. The number of hydrogen-bond acceptors (Lipinski definition) is 3. The summed E-state index contributed by atoms with van der Waals surface area (Å²) in [5, 5.41) is 9.08. The fourth-order valence-corrected chi connectivity index (χ4v) is 1.96. The molecule has 0 aromatic rings. The van der Waals surface area contributed by atoms with E-state index in [1.807, 2.05) is 6.92 Å². The highest BCUT2D eigenvalue weighted by atomic mass is 16.4. The van der Waals surface area contributed by atoms with E-state index < -0.39 is 11.4 Å². The van der Waals surface area contributed by atoms with Crippen molar-refractivity contribution in [3.63, 3.8) is 0 Å². The molecule has 1 amide bonds. The summed E-state index contributed by atoms with van der Waals surface area (Å²) in [7, 11) is 0. The van der Waals surface area contributed by atoms with Crippen LogP contribution in [0.15, 0.2) is 0 Å². The molecule has 1 rings (SSSR count). The molecule has 5 heteroatoms. The maximum Gasteiger partial charge on any atom is 0.309 e. The Balaban J connectivity index is 2.47. The zero-order chi connectivity index (χ0) is 13.1. The van der Waals surface area contributed by atoms with Crippen LogP contribution in [0.2, 0.25) is 0 Å². The first-order valence-electron chi connectivity index (χ1n) is 6.16. The van der Waals surface area contributed by atoms with E-state index in [0.717, 1.165) is 6.42 Å². The SMILES string of the molecule is CCC(N)CC(=O)N1CCC(C)(C(=O)O)CC1. The standard InChI is InChI=1S/C12H22N2O3/c1-3-9(13)8-10(15)14-6-4-12(2,5-7-14)11(16)17/h9H,3-8,13H2,1-2H3,(H,16,17). The molecule has 1 unspecified atom stereocenters. The van der Waals surface area contributed by atoms with Crippen molar-refractivity contribution < 1.29 is 14.7 Å². The summed E-state index contributed by atoms with van der Waals surface area (Å²) < 4.78 is 0. The van der Waals surface area contributed by atoms with Crippen LogP contribution >= 0.6 is 0 Å². The minimum Gasteiger partial charge on any atom is -0.481 e. The average molecular weight is 242 g/mol. The molecule has 0 saturated carbocycles. The molecule has 1 atom stereocenters. The molecule has 0 spiro atoms. The van der Waals surface area contributed by atoms with Gasteiger partial charge < -0.3 is 15.7 Å². The Bertz CT molecular complexity index is 296. The van der Waals surface area contributed by atoms with Gasteiger partial charge >= 0.3 is 5.97 Å². The topological polar surface area (TPSA) is 83.6 Å². The van der Waals surface area contributed by atoms with E-state index in [-0.39, 0.29) is 11.9 Å². The van der Waals surface area contributed by atoms with Crippen molar-refractivity contribution in [1.29, 1.82) is 0 Å². The summed E-state index contributed by atoms with van der Waals surface area (Å²) in [6, 6.07) is -0.0877. The van der Waals surface area contributed by atoms with Crippen molar-refractivity contribution in [3.8, 4) is 0 Å². The lowest BCUT2D eigenvalue weighted by molar-refractivity contribution is -0.153. The Kier molecular flexibility index (Phi) is 4.51. The van der Waals surface area contributed by atoms with E-state index in [2.05, 4.69) is 0 Å². The Labute approximate surface area is 102 Å². The number of likely N-dealkylation sites (tertiary alicyclic amines) is 1. The fraction of sp³-hybridized carbons (Fsp3) is 0.833. The first-order valence-corrected chi connectivity index (χ1v) is 6.16. The van der Waals surface area contributed by atoms with Gasteiger partial charge in [0.15, 0.2) is 0 Å². The summed E-state index contributed by atoms with van der Waals surface area (Å²) in [6.45, 7) is 4.75. The zero-order valence-corrected chi connectivity index (χ0v) is 10.6. The molecular weight excluding hydrogens is 220 g/mol. The Morgan fingerprint density at radius 3 is 2.35 bits per heavy atom. The molecule has 0 aliphatic carbocycles. The number of carbonyl (C=O) groups excluding carboxylic acids is 1. The lowest BCUT2D eigenvalue weighted by Crippen LogP contribution is -2.46. The molecule has 1 fully saturated rings. The fourth-order valence-electron chi connectivity index (χ4n) is 1.96. The van der Waals surface area contributed by atoms with Crippen molar-refractivity contribution in [2.75, 3.05) is 13.1 Å². The molecule has 0 bridgehead atoms. The van der Waals surface area contributed by atoms with Gasteiger partial charge in [-0.2, -0.15) is 0 Å². The number of hydrogen-bond donors (Lipinski definition) is 2. The maximum absolute atomic E-state index is 11.8. The van der Waals surface area contributed by atoms with Crippen LogP contribution in [0, 0.1) is 5.41 Å². The van der Waals surface area contributed by atoms with Gasteiger partial charge in [-0.05, 0) is 26.2 Å². The number of amides is 1. The minimum atomic E-state index is -0.769. The molecule has 1 aliphatic rings. The van der Waals surface area contributed by atoms with E-state index in [1.165, 1.54) is 0 Å². The van der Waals surface area contributed by atoms with Gasteiger partial charge in [0.1, 0.15) is 0 Å². The lowest BCUT2D eigenvalue weighted by Gasteiger charge is -2.36. The molecule has 3 N–H and O–H groups in total. The zero-order valence-electron chi connectivity index (χ0n) is 10.6. The third-order valence-corrected chi connectivity index (χ3v) is 3.70. The second kappa shape index (κ2) is 5.49. The van der Waals surface area contributed by atoms with Crippen molar-refractivity contribution in [3.05, 3.63) is 0 Å². The van der Waals surface area contributed by atoms with Gasteiger partial charge in [0, 0.05) is 25.6 Å². The average Bonchev–Trinajstić information content (AvgIpc) is 2.29. The molecular formula is C12H22N2O3. The number of nitrogens with two attached hydrogens (primary N) is 1. The van der Waals surface area contributed by atoms with Crippen LogP contribution in [0.3, 0.4) is 0 Å². The summed E-state index contributed by atoms with van der Waals surface area (Å²) in [4.78, 5) is 24.6. The van der Waals surface area contributed by atoms with Crippen LogP contribution in [0.1, 0.15) is 39.5 Å². The highest BCUT2D eigenvalue weighted by Gasteiger charge is 2.37. The van der Waals surface area contributed by atoms with Crippen molar-refractivity contribution in [2.45, 2.75) is 45.6 Å². The summed E-state index contributed by atoms with van der Waals surface area (Å²) >= 11 is 0. The van der Waals surface area contributed by atoms with Crippen LogP contribution in [-0.4, -0.2) is 41.0 Å². The predicted molar refractivity (Wildman–Crippen MR) is 64.4 cm³/mol. The minimum absolute atomic E-state index is 0.0480. The quantitative estimate of drug-likeness (QED) is 0.764. The lowest BCUT2D eigenvalue weighted by atomic mass is 9.80. The molecule has 1 aliphatic heterocycles. The maximum atomic E-state index is 11.8. The second-order valence-corrected chi connectivity index (χ2v) is 5.12. The van der Waals surface area contributed by atoms with E-state index in [9.17, 15) is 9.59 Å². The van der Waals surface area contributed by atoms with E-state index in [0.29, 0.717) is 32.4 Å². The molecule has 98 valence electrons. The van der Waals surface area contributed by atoms with Crippen LogP contribution in [-0.2, 0) is 9.59 Å². The second-order valence-electron chi connectivity index (χ2n) is 5.12. The highest BCUT2D eigenvalue weighted by Crippen LogP contribution is 2.31. The van der Waals surface area contributed by atoms with Gasteiger partial charge in [0.2, 0.25) is 5.91 Å². The number of rotatable bonds is 4. The smallest absolute Gasteiger partial charge is 0.309 e. The molecule has 17 heavy (non-hydrogen) atoms. The summed E-state index contributed by atoms with van der Waals surface area (Å²) in [5.74, 6) is -0.721. The van der Waals surface area contributed by atoms with Crippen LogP contribution < -0.4 is 5.73 Å². The van der Waals surface area contributed by atoms with Gasteiger partial charge in [0.05, 0.1) is 5.41 Å². The molecule has 1 heterocycles. The van der Waals surface area contributed by atoms with E-state index in [4.69, 9.17) is 10.8 Å². The number of nitrogens with zero attached hydrogens (tertiary/aromatic N) is 1. The van der Waals surface area contributed by atoms with Crippen molar-refractivity contribution in [2.24, 2.45) is 11.1 Å². The number of aliphatic carboxylic acids is 1. The third kappa shape index (κ3) is 3.43. The van der Waals surface area contributed by atoms with E-state index >= 15 is 0 Å². The van der Waals surface area contributed by atoms with Crippen molar-refractivity contribution in [1.82, 2.24) is 4.90 Å². The molecule has 5 nitrogen and oxygen atoms in total. The first kappa shape index (κ1) is 14.0. The Hall–Kier alpha value is -1.10. The van der Waals surface area contributed by atoms with Gasteiger partial charge in [0.25, 0.3) is 0 Å². The molecule has 0 radical (unpaired) electrons. The predicted octanol–water partition coefficient (Wildman–Crippen LogP) is 0.827. The number of carbonyl (C=O) groups is 2. The van der Waals surface area contributed by atoms with E-state index in [1.54, 1.807) is 11.8 Å². The Morgan fingerprint density at radius 2 is 1.94 bits per heavy atom. The van der Waals surface area contributed by atoms with Crippen LogP contribution in [0.5, 0.6) is 0 Å². The van der Waals surface area contributed by atoms with Crippen LogP contribution in [0.4, 0.5) is 0 Å². The third-order valence-electron chi connectivity index (χ3n) is 3.70.